The van der Waals surface area contributed by atoms with Crippen LogP contribution in [0.25, 0.3) is 27.8 Å². The Morgan fingerprint density at radius 3 is 2.93 bits per heavy atom. The lowest BCUT2D eigenvalue weighted by molar-refractivity contribution is -0.117. The topological polar surface area (TPSA) is 114 Å². The number of carbonyl (C=O) groups is 1. The average molecular weight is 390 g/mol. The standard InChI is InChI=1S/C20H18N6O3/c1-10-5-12(10)20(28)23-16-6-13-14(7-22-19(27)15(13)8-21-16)18-24-17-4-3-11(29-2)9-26(17)25-18/h3-4,6-10,12H,5H2,1-2H3,(H,22,27)(H,21,23,28)/t10-,12+/m1/s1. The van der Waals surface area contributed by atoms with Gasteiger partial charge in [-0.1, -0.05) is 6.92 Å². The van der Waals surface area contributed by atoms with Crippen molar-refractivity contribution < 1.29 is 9.53 Å². The van der Waals surface area contributed by atoms with E-state index in [2.05, 4.69) is 25.4 Å². The summed E-state index contributed by atoms with van der Waals surface area (Å²) in [4.78, 5) is 36.0. The van der Waals surface area contributed by atoms with Crippen LogP contribution in [0.4, 0.5) is 5.82 Å². The van der Waals surface area contributed by atoms with Crippen molar-refractivity contribution >= 4 is 28.1 Å². The Morgan fingerprint density at radius 2 is 2.17 bits per heavy atom. The molecule has 0 saturated heterocycles. The normalized spacial score (nSPS) is 18.1. The van der Waals surface area contributed by atoms with Crippen molar-refractivity contribution in [2.24, 2.45) is 11.8 Å². The first-order chi connectivity index (χ1) is 14.0. The summed E-state index contributed by atoms with van der Waals surface area (Å²) in [5.74, 6) is 1.88. The highest BCUT2D eigenvalue weighted by molar-refractivity contribution is 5.99. The van der Waals surface area contributed by atoms with E-state index in [1.807, 2.05) is 6.92 Å². The molecule has 9 nitrogen and oxygen atoms in total. The highest BCUT2D eigenvalue weighted by Crippen LogP contribution is 2.38. The van der Waals surface area contributed by atoms with Crippen LogP contribution in [0, 0.1) is 11.8 Å². The van der Waals surface area contributed by atoms with Gasteiger partial charge in [-0.2, -0.15) is 0 Å². The van der Waals surface area contributed by atoms with Crippen molar-refractivity contribution in [2.75, 3.05) is 12.4 Å². The zero-order chi connectivity index (χ0) is 20.1. The van der Waals surface area contributed by atoms with Crippen LogP contribution in [0.3, 0.4) is 0 Å². The molecule has 4 aromatic heterocycles. The Hall–Kier alpha value is -3.75. The molecule has 29 heavy (non-hydrogen) atoms. The lowest BCUT2D eigenvalue weighted by Gasteiger charge is -2.07. The fourth-order valence-electron chi connectivity index (χ4n) is 3.41. The lowest BCUT2D eigenvalue weighted by Crippen LogP contribution is -2.16. The summed E-state index contributed by atoms with van der Waals surface area (Å²) in [6, 6.07) is 5.29. The Kier molecular flexibility index (Phi) is 3.83. The molecule has 1 saturated carbocycles. The Balaban J connectivity index is 1.61. The molecule has 5 rings (SSSR count). The number of hydrogen-bond acceptors (Lipinski definition) is 6. The molecule has 146 valence electrons. The predicted octanol–water partition coefficient (Wildman–Crippen LogP) is 2.24. The van der Waals surface area contributed by atoms with Gasteiger partial charge in [0.25, 0.3) is 5.56 Å². The van der Waals surface area contributed by atoms with Gasteiger partial charge in [0, 0.05) is 29.3 Å². The van der Waals surface area contributed by atoms with Gasteiger partial charge in [0.05, 0.1) is 18.7 Å². The van der Waals surface area contributed by atoms with Crippen LogP contribution in [0.15, 0.2) is 41.6 Å². The van der Waals surface area contributed by atoms with E-state index in [4.69, 9.17) is 4.74 Å². The predicted molar refractivity (Wildman–Crippen MR) is 107 cm³/mol. The molecule has 0 spiro atoms. The summed E-state index contributed by atoms with van der Waals surface area (Å²) in [5.41, 5.74) is 1.01. The zero-order valence-corrected chi connectivity index (χ0v) is 15.8. The lowest BCUT2D eigenvalue weighted by atomic mass is 10.1. The number of hydrogen-bond donors (Lipinski definition) is 2. The summed E-state index contributed by atoms with van der Waals surface area (Å²) in [6.45, 7) is 2.04. The minimum Gasteiger partial charge on any atom is -0.495 e. The number of fused-ring (bicyclic) bond motifs is 2. The van der Waals surface area contributed by atoms with Gasteiger partial charge >= 0.3 is 0 Å². The molecule has 1 amide bonds. The van der Waals surface area contributed by atoms with Crippen molar-refractivity contribution in [3.63, 3.8) is 0 Å². The molecule has 0 radical (unpaired) electrons. The fourth-order valence-corrected chi connectivity index (χ4v) is 3.41. The van der Waals surface area contributed by atoms with Crippen LogP contribution in [-0.4, -0.2) is 37.6 Å². The third-order valence-electron chi connectivity index (χ3n) is 5.26. The molecule has 0 aliphatic heterocycles. The first-order valence-corrected chi connectivity index (χ1v) is 9.26. The van der Waals surface area contributed by atoms with E-state index in [9.17, 15) is 9.59 Å². The van der Waals surface area contributed by atoms with Gasteiger partial charge in [-0.05, 0) is 30.5 Å². The molecule has 0 aromatic carbocycles. The van der Waals surface area contributed by atoms with Crippen LogP contribution in [-0.2, 0) is 4.79 Å². The SMILES string of the molecule is COc1ccc2nc(-c3c[nH]c(=O)c4cnc(NC(=O)[C@H]5C[C@H]5C)cc34)nn2c1. The van der Waals surface area contributed by atoms with Crippen molar-refractivity contribution in [1.29, 1.82) is 0 Å². The number of methoxy groups -OCH3 is 1. The van der Waals surface area contributed by atoms with Crippen molar-refractivity contribution in [1.82, 2.24) is 24.6 Å². The number of nitrogens with one attached hydrogen (secondary N) is 2. The highest BCUT2D eigenvalue weighted by Gasteiger charge is 2.39. The minimum absolute atomic E-state index is 0.0289. The number of ether oxygens (including phenoxy) is 1. The second kappa shape index (κ2) is 6.40. The summed E-state index contributed by atoms with van der Waals surface area (Å²) in [5, 5.41) is 8.36. The van der Waals surface area contributed by atoms with E-state index in [0.29, 0.717) is 45.3 Å². The maximum absolute atomic E-state index is 12.3. The van der Waals surface area contributed by atoms with Crippen LogP contribution in [0.1, 0.15) is 13.3 Å². The van der Waals surface area contributed by atoms with Gasteiger partial charge in [0.15, 0.2) is 11.5 Å². The second-order valence-electron chi connectivity index (χ2n) is 7.26. The van der Waals surface area contributed by atoms with Crippen LogP contribution >= 0.6 is 0 Å². The Labute approximate surface area is 164 Å². The van der Waals surface area contributed by atoms with Gasteiger partial charge < -0.3 is 15.0 Å². The quantitative estimate of drug-likeness (QED) is 0.552. The molecule has 2 N–H and O–H groups in total. The molecule has 9 heteroatoms. The fraction of sp³-hybridized carbons (Fsp3) is 0.250. The molecule has 0 unspecified atom stereocenters. The number of nitrogens with zero attached hydrogens (tertiary/aromatic N) is 4. The molecular formula is C20H18N6O3. The number of rotatable bonds is 4. The van der Waals surface area contributed by atoms with E-state index >= 15 is 0 Å². The van der Waals surface area contributed by atoms with Crippen molar-refractivity contribution in [3.8, 4) is 17.1 Å². The van der Waals surface area contributed by atoms with Crippen molar-refractivity contribution in [2.45, 2.75) is 13.3 Å². The zero-order valence-electron chi connectivity index (χ0n) is 15.8. The van der Waals surface area contributed by atoms with Gasteiger partial charge in [-0.3, -0.25) is 9.59 Å². The Morgan fingerprint density at radius 1 is 1.34 bits per heavy atom. The smallest absolute Gasteiger partial charge is 0.257 e. The number of anilines is 1. The van der Waals surface area contributed by atoms with Crippen LogP contribution in [0.2, 0.25) is 0 Å². The maximum atomic E-state index is 12.3. The maximum Gasteiger partial charge on any atom is 0.257 e. The number of carbonyl (C=O) groups excluding carboxylic acids is 1. The molecular weight excluding hydrogens is 372 g/mol. The number of pyridine rings is 3. The number of amides is 1. The molecule has 2 atom stereocenters. The van der Waals surface area contributed by atoms with Crippen LogP contribution < -0.4 is 15.6 Å². The number of H-pyrrole nitrogens is 1. The second-order valence-corrected chi connectivity index (χ2v) is 7.26. The summed E-state index contributed by atoms with van der Waals surface area (Å²) >= 11 is 0. The summed E-state index contributed by atoms with van der Waals surface area (Å²) in [6.07, 6.45) is 5.65. The van der Waals surface area contributed by atoms with E-state index in [1.54, 1.807) is 42.2 Å². The molecule has 1 aliphatic carbocycles. The van der Waals surface area contributed by atoms with Gasteiger partial charge in [-0.25, -0.2) is 14.5 Å². The number of aromatic amines is 1. The molecule has 4 heterocycles. The number of aromatic nitrogens is 5. The summed E-state index contributed by atoms with van der Waals surface area (Å²) in [7, 11) is 1.58. The first-order valence-electron chi connectivity index (χ1n) is 9.26. The van der Waals surface area contributed by atoms with E-state index in [1.165, 1.54) is 6.20 Å². The minimum atomic E-state index is -0.268. The Bertz CT molecular complexity index is 1330. The summed E-state index contributed by atoms with van der Waals surface area (Å²) < 4.78 is 6.84. The monoisotopic (exact) mass is 390 g/mol. The largest absolute Gasteiger partial charge is 0.495 e. The van der Waals surface area contributed by atoms with E-state index in [-0.39, 0.29) is 17.4 Å². The third-order valence-corrected chi connectivity index (χ3v) is 5.26. The van der Waals surface area contributed by atoms with E-state index < -0.39 is 0 Å². The van der Waals surface area contributed by atoms with Gasteiger partial charge in [0.1, 0.15) is 11.6 Å². The van der Waals surface area contributed by atoms with Gasteiger partial charge in [0.2, 0.25) is 5.91 Å². The highest BCUT2D eigenvalue weighted by atomic mass is 16.5. The van der Waals surface area contributed by atoms with Gasteiger partial charge in [-0.15, -0.1) is 5.10 Å². The third kappa shape index (κ3) is 3.00. The first kappa shape index (κ1) is 17.4. The average Bonchev–Trinajstić information content (AvgIpc) is 3.31. The molecule has 1 fully saturated rings. The van der Waals surface area contributed by atoms with Crippen molar-refractivity contribution in [3.05, 3.63) is 47.1 Å². The van der Waals surface area contributed by atoms with E-state index in [0.717, 1.165) is 6.42 Å². The molecule has 4 aromatic rings. The molecule has 1 aliphatic rings. The molecule has 0 bridgehead atoms. The van der Waals surface area contributed by atoms with Crippen LogP contribution in [0.5, 0.6) is 5.75 Å².